The van der Waals surface area contributed by atoms with E-state index in [9.17, 15) is 4.79 Å². The van der Waals surface area contributed by atoms with Crippen molar-refractivity contribution >= 4 is 5.91 Å². The summed E-state index contributed by atoms with van der Waals surface area (Å²) in [6.45, 7) is 2.84. The van der Waals surface area contributed by atoms with E-state index >= 15 is 0 Å². The monoisotopic (exact) mass is 233 g/mol. The molecule has 3 heteroatoms. The van der Waals surface area contributed by atoms with Crippen LogP contribution >= 0.6 is 0 Å². The summed E-state index contributed by atoms with van der Waals surface area (Å²) in [6, 6.07) is 7.67. The number of aliphatic hydroxyl groups excluding tert-OH is 1. The molecule has 0 atom stereocenters. The number of amides is 1. The van der Waals surface area contributed by atoms with Gasteiger partial charge in [0, 0.05) is 17.5 Å². The molecule has 1 aromatic carbocycles. The molecule has 0 radical (unpaired) electrons. The first-order chi connectivity index (χ1) is 8.19. The van der Waals surface area contributed by atoms with Crippen LogP contribution in [0.3, 0.4) is 0 Å². The second kappa shape index (κ2) is 4.88. The fraction of sp³-hybridized carbons (Fsp3) is 0.500. The van der Waals surface area contributed by atoms with E-state index in [0.29, 0.717) is 12.1 Å². The highest BCUT2D eigenvalue weighted by Gasteiger charge is 2.42. The number of carbonyl (C=O) groups excluding carboxylic acids is 1. The van der Waals surface area contributed by atoms with Crippen LogP contribution in [-0.2, 0) is 6.42 Å². The molecule has 2 N–H and O–H groups in total. The zero-order valence-electron chi connectivity index (χ0n) is 10.2. The second-order valence-electron chi connectivity index (χ2n) is 4.89. The minimum Gasteiger partial charge on any atom is -0.396 e. The standard InChI is InChI=1S/C14H19NO2/c1-2-11-3-5-12(6-4-11)13(17)15-9-14(10-16)7-8-14/h3-6,16H,2,7-10H2,1H3,(H,15,17). The smallest absolute Gasteiger partial charge is 0.251 e. The summed E-state index contributed by atoms with van der Waals surface area (Å²) in [6.07, 6.45) is 3.01. The summed E-state index contributed by atoms with van der Waals surface area (Å²) >= 11 is 0. The molecule has 3 nitrogen and oxygen atoms in total. The number of aryl methyl sites for hydroxylation is 1. The normalized spacial score (nSPS) is 16.6. The van der Waals surface area contributed by atoms with Crippen LogP contribution in [0.4, 0.5) is 0 Å². The van der Waals surface area contributed by atoms with Gasteiger partial charge in [-0.2, -0.15) is 0 Å². The van der Waals surface area contributed by atoms with Crippen molar-refractivity contribution in [2.75, 3.05) is 13.2 Å². The predicted octanol–water partition coefficient (Wildman–Crippen LogP) is 1.75. The first kappa shape index (κ1) is 12.1. The van der Waals surface area contributed by atoms with Crippen molar-refractivity contribution in [2.45, 2.75) is 26.2 Å². The number of carbonyl (C=O) groups is 1. The Morgan fingerprint density at radius 1 is 1.35 bits per heavy atom. The molecule has 92 valence electrons. The van der Waals surface area contributed by atoms with Crippen molar-refractivity contribution in [3.8, 4) is 0 Å². The molecule has 2 rings (SSSR count). The summed E-state index contributed by atoms with van der Waals surface area (Å²) in [5.41, 5.74) is 1.89. The van der Waals surface area contributed by atoms with Gasteiger partial charge in [-0.3, -0.25) is 4.79 Å². The molecule has 0 spiro atoms. The van der Waals surface area contributed by atoms with E-state index in [1.165, 1.54) is 5.56 Å². The maximum absolute atomic E-state index is 11.8. The number of hydrogen-bond donors (Lipinski definition) is 2. The topological polar surface area (TPSA) is 49.3 Å². The van der Waals surface area contributed by atoms with Crippen LogP contribution in [-0.4, -0.2) is 24.2 Å². The van der Waals surface area contributed by atoms with E-state index in [1.54, 1.807) is 0 Å². The van der Waals surface area contributed by atoms with E-state index in [4.69, 9.17) is 5.11 Å². The molecule has 1 aliphatic rings. The van der Waals surface area contributed by atoms with Gasteiger partial charge in [-0.1, -0.05) is 19.1 Å². The van der Waals surface area contributed by atoms with Gasteiger partial charge in [0.25, 0.3) is 5.91 Å². The molecule has 1 amide bonds. The van der Waals surface area contributed by atoms with Gasteiger partial charge in [0.2, 0.25) is 0 Å². The lowest BCUT2D eigenvalue weighted by molar-refractivity contribution is 0.0935. The Morgan fingerprint density at radius 2 is 2.00 bits per heavy atom. The van der Waals surface area contributed by atoms with Gasteiger partial charge in [-0.25, -0.2) is 0 Å². The van der Waals surface area contributed by atoms with E-state index in [1.807, 2.05) is 24.3 Å². The van der Waals surface area contributed by atoms with Crippen molar-refractivity contribution < 1.29 is 9.90 Å². The average molecular weight is 233 g/mol. The minimum absolute atomic E-state index is 0.0288. The minimum atomic E-state index is -0.0487. The van der Waals surface area contributed by atoms with E-state index < -0.39 is 0 Å². The lowest BCUT2D eigenvalue weighted by atomic mass is 10.1. The number of aliphatic hydroxyl groups is 1. The van der Waals surface area contributed by atoms with Crippen molar-refractivity contribution in [2.24, 2.45) is 5.41 Å². The third-order valence-corrected chi connectivity index (χ3v) is 3.54. The van der Waals surface area contributed by atoms with Crippen molar-refractivity contribution in [1.82, 2.24) is 5.32 Å². The molecule has 0 aromatic heterocycles. The Labute approximate surface area is 102 Å². The molecule has 1 fully saturated rings. The molecule has 0 unspecified atom stereocenters. The van der Waals surface area contributed by atoms with Crippen LogP contribution in [0.25, 0.3) is 0 Å². The summed E-state index contributed by atoms with van der Waals surface area (Å²) in [5, 5.41) is 12.0. The van der Waals surface area contributed by atoms with E-state index in [-0.39, 0.29) is 17.9 Å². The quantitative estimate of drug-likeness (QED) is 0.814. The third kappa shape index (κ3) is 2.86. The molecule has 1 aromatic rings. The zero-order valence-corrected chi connectivity index (χ0v) is 10.2. The van der Waals surface area contributed by atoms with Gasteiger partial charge in [0.05, 0.1) is 6.61 Å². The molecular weight excluding hydrogens is 214 g/mol. The molecule has 17 heavy (non-hydrogen) atoms. The fourth-order valence-electron chi connectivity index (χ4n) is 1.83. The van der Waals surface area contributed by atoms with Crippen LogP contribution in [0, 0.1) is 5.41 Å². The number of hydrogen-bond acceptors (Lipinski definition) is 2. The van der Waals surface area contributed by atoms with Crippen LogP contribution in [0.15, 0.2) is 24.3 Å². The van der Waals surface area contributed by atoms with Crippen molar-refractivity contribution in [3.05, 3.63) is 35.4 Å². The summed E-state index contributed by atoms with van der Waals surface area (Å²) in [7, 11) is 0. The molecule has 0 aliphatic heterocycles. The van der Waals surface area contributed by atoms with Crippen LogP contribution in [0.2, 0.25) is 0 Å². The highest BCUT2D eigenvalue weighted by molar-refractivity contribution is 5.94. The summed E-state index contributed by atoms with van der Waals surface area (Å²) < 4.78 is 0. The van der Waals surface area contributed by atoms with Gasteiger partial charge >= 0.3 is 0 Å². The fourth-order valence-corrected chi connectivity index (χ4v) is 1.83. The molecule has 0 heterocycles. The number of rotatable bonds is 5. The molecule has 1 aliphatic carbocycles. The van der Waals surface area contributed by atoms with Gasteiger partial charge in [-0.05, 0) is 37.0 Å². The molecule has 0 bridgehead atoms. The van der Waals surface area contributed by atoms with Gasteiger partial charge < -0.3 is 10.4 Å². The summed E-state index contributed by atoms with van der Waals surface area (Å²) in [5.74, 6) is -0.0487. The zero-order chi connectivity index (χ0) is 12.3. The first-order valence-electron chi connectivity index (χ1n) is 6.17. The summed E-state index contributed by atoms with van der Waals surface area (Å²) in [4.78, 5) is 11.8. The maximum Gasteiger partial charge on any atom is 0.251 e. The van der Waals surface area contributed by atoms with Crippen LogP contribution in [0.5, 0.6) is 0 Å². The van der Waals surface area contributed by atoms with Gasteiger partial charge in [0.1, 0.15) is 0 Å². The lowest BCUT2D eigenvalue weighted by Crippen LogP contribution is -2.31. The number of nitrogens with one attached hydrogen (secondary N) is 1. The Bertz CT molecular complexity index is 393. The first-order valence-corrected chi connectivity index (χ1v) is 6.17. The van der Waals surface area contributed by atoms with E-state index in [0.717, 1.165) is 19.3 Å². The van der Waals surface area contributed by atoms with Crippen molar-refractivity contribution in [1.29, 1.82) is 0 Å². The van der Waals surface area contributed by atoms with Crippen molar-refractivity contribution in [3.63, 3.8) is 0 Å². The average Bonchev–Trinajstić information content (AvgIpc) is 3.17. The van der Waals surface area contributed by atoms with Gasteiger partial charge in [0.15, 0.2) is 0 Å². The Hall–Kier alpha value is -1.35. The largest absolute Gasteiger partial charge is 0.396 e. The van der Waals surface area contributed by atoms with Crippen LogP contribution < -0.4 is 5.32 Å². The Morgan fingerprint density at radius 3 is 2.47 bits per heavy atom. The number of benzene rings is 1. The SMILES string of the molecule is CCc1ccc(C(=O)NCC2(CO)CC2)cc1. The maximum atomic E-state index is 11.8. The highest BCUT2D eigenvalue weighted by atomic mass is 16.3. The van der Waals surface area contributed by atoms with Gasteiger partial charge in [-0.15, -0.1) is 0 Å². The third-order valence-electron chi connectivity index (χ3n) is 3.54. The Kier molecular flexibility index (Phi) is 3.48. The Balaban J connectivity index is 1.90. The second-order valence-corrected chi connectivity index (χ2v) is 4.89. The predicted molar refractivity (Wildman–Crippen MR) is 66.9 cm³/mol. The highest BCUT2D eigenvalue weighted by Crippen LogP contribution is 2.44. The lowest BCUT2D eigenvalue weighted by Gasteiger charge is -2.12. The molecule has 0 saturated heterocycles. The van der Waals surface area contributed by atoms with E-state index in [2.05, 4.69) is 12.2 Å². The molecule has 1 saturated carbocycles. The van der Waals surface area contributed by atoms with Crippen LogP contribution in [0.1, 0.15) is 35.7 Å². The molecular formula is C14H19NO2.